The highest BCUT2D eigenvalue weighted by atomic mass is 15.3. The summed E-state index contributed by atoms with van der Waals surface area (Å²) in [6, 6.07) is 6.38. The largest absolute Gasteiger partial charge is 0.379 e. The van der Waals surface area contributed by atoms with Crippen molar-refractivity contribution in [3.8, 4) is 11.4 Å². The van der Waals surface area contributed by atoms with Crippen molar-refractivity contribution >= 4 is 22.5 Å². The second-order valence-electron chi connectivity index (χ2n) is 7.18. The molecule has 3 heterocycles. The fourth-order valence-corrected chi connectivity index (χ4v) is 3.38. The van der Waals surface area contributed by atoms with E-state index in [1.807, 2.05) is 25.1 Å². The summed E-state index contributed by atoms with van der Waals surface area (Å²) in [5.41, 5.74) is 8.96. The molecule has 0 amide bonds. The van der Waals surface area contributed by atoms with Crippen molar-refractivity contribution in [2.24, 2.45) is 5.92 Å². The number of hydrogen-bond acceptors (Lipinski definition) is 7. The Morgan fingerprint density at radius 1 is 1.27 bits per heavy atom. The van der Waals surface area contributed by atoms with Crippen molar-refractivity contribution in [1.82, 2.24) is 30.7 Å². The minimum absolute atomic E-state index is 0.374. The Morgan fingerprint density at radius 2 is 2.12 bits per heavy atom. The van der Waals surface area contributed by atoms with Crippen molar-refractivity contribution in [1.29, 1.82) is 0 Å². The Kier molecular flexibility index (Phi) is 4.20. The first-order chi connectivity index (χ1) is 12.5. The van der Waals surface area contributed by atoms with Gasteiger partial charge in [-0.15, -0.1) is 10.2 Å². The van der Waals surface area contributed by atoms with E-state index in [4.69, 9.17) is 10.7 Å². The lowest BCUT2D eigenvalue weighted by Gasteiger charge is -2.36. The van der Waals surface area contributed by atoms with E-state index in [0.29, 0.717) is 29.4 Å². The fourth-order valence-electron chi connectivity index (χ4n) is 3.38. The van der Waals surface area contributed by atoms with Crippen LogP contribution in [0.15, 0.2) is 18.2 Å². The van der Waals surface area contributed by atoms with E-state index >= 15 is 0 Å². The highest BCUT2D eigenvalue weighted by Crippen LogP contribution is 2.26. The lowest BCUT2D eigenvalue weighted by atomic mass is 10.0. The van der Waals surface area contributed by atoms with Crippen LogP contribution in [0.1, 0.15) is 19.5 Å². The van der Waals surface area contributed by atoms with Crippen molar-refractivity contribution in [3.63, 3.8) is 0 Å². The highest BCUT2D eigenvalue weighted by Gasteiger charge is 2.25. The maximum absolute atomic E-state index is 6.10. The first-order valence-corrected chi connectivity index (χ1v) is 8.96. The molecule has 1 atom stereocenters. The number of nitrogens with zero attached hydrogens (tertiary/aromatic N) is 5. The predicted octanol–water partition coefficient (Wildman–Crippen LogP) is 1.74. The fraction of sp³-hybridized carbons (Fsp3) is 0.444. The monoisotopic (exact) mass is 352 g/mol. The summed E-state index contributed by atoms with van der Waals surface area (Å²) in [5, 5.41) is 20.3. The number of hydrogen-bond donors (Lipinski definition) is 3. The van der Waals surface area contributed by atoms with Gasteiger partial charge in [0.25, 0.3) is 0 Å². The van der Waals surface area contributed by atoms with E-state index in [1.165, 1.54) is 0 Å². The molecule has 136 valence electrons. The van der Waals surface area contributed by atoms with Crippen LogP contribution < -0.4 is 16.0 Å². The van der Waals surface area contributed by atoms with Gasteiger partial charge in [0, 0.05) is 42.3 Å². The molecular weight excluding hydrogens is 328 g/mol. The van der Waals surface area contributed by atoms with Crippen LogP contribution in [0.25, 0.3) is 22.3 Å². The molecule has 1 aliphatic rings. The molecule has 8 heteroatoms. The van der Waals surface area contributed by atoms with Crippen molar-refractivity contribution in [2.45, 2.75) is 26.8 Å². The van der Waals surface area contributed by atoms with Gasteiger partial charge in [-0.05, 0) is 31.0 Å². The van der Waals surface area contributed by atoms with E-state index in [0.717, 1.165) is 41.8 Å². The van der Waals surface area contributed by atoms with Crippen molar-refractivity contribution < 1.29 is 0 Å². The molecule has 4 rings (SSSR count). The van der Waals surface area contributed by atoms with Gasteiger partial charge in [-0.25, -0.2) is 4.98 Å². The highest BCUT2D eigenvalue weighted by molar-refractivity contribution is 5.85. The van der Waals surface area contributed by atoms with Gasteiger partial charge in [0.15, 0.2) is 17.5 Å². The summed E-state index contributed by atoms with van der Waals surface area (Å²) in [7, 11) is 0. The molecule has 1 fully saturated rings. The predicted molar refractivity (Wildman–Crippen MR) is 103 cm³/mol. The Labute approximate surface area is 152 Å². The minimum Gasteiger partial charge on any atom is -0.379 e. The number of rotatable bonds is 3. The van der Waals surface area contributed by atoms with Gasteiger partial charge < -0.3 is 16.0 Å². The number of fused-ring (bicyclic) bond motifs is 1. The Hall–Kier alpha value is -2.74. The number of H-pyrrole nitrogens is 1. The molecule has 1 aliphatic heterocycles. The third kappa shape index (κ3) is 2.96. The molecule has 4 N–H and O–H groups in total. The molecule has 1 saturated heterocycles. The molecule has 1 aromatic carbocycles. The summed E-state index contributed by atoms with van der Waals surface area (Å²) in [6.45, 7) is 9.06. The molecule has 0 radical (unpaired) electrons. The smallest absolute Gasteiger partial charge is 0.189 e. The summed E-state index contributed by atoms with van der Waals surface area (Å²) in [5.74, 6) is 2.21. The standard InChI is InChI=1S/C18H24N8/c1-10(2)15-9-26(7-6-20-15)18-16(19)24-25-17(21-18)12-4-5-14-13(8-12)11(3)22-23-14/h4-5,8,10,15,20H,6-7,9H2,1-3H3,(H2,19,24)(H,22,23). The van der Waals surface area contributed by atoms with Gasteiger partial charge >= 0.3 is 0 Å². The maximum Gasteiger partial charge on any atom is 0.189 e. The van der Waals surface area contributed by atoms with Gasteiger partial charge in [0.1, 0.15) is 0 Å². The first-order valence-electron chi connectivity index (χ1n) is 8.96. The van der Waals surface area contributed by atoms with Gasteiger partial charge in [-0.2, -0.15) is 5.10 Å². The van der Waals surface area contributed by atoms with Crippen molar-refractivity contribution in [3.05, 3.63) is 23.9 Å². The number of aromatic nitrogens is 5. The molecular formula is C18H24N8. The van der Waals surface area contributed by atoms with E-state index in [9.17, 15) is 0 Å². The number of benzene rings is 1. The van der Waals surface area contributed by atoms with Crippen LogP contribution in [0.5, 0.6) is 0 Å². The topological polar surface area (TPSA) is 109 Å². The average Bonchev–Trinajstić information content (AvgIpc) is 3.03. The lowest BCUT2D eigenvalue weighted by molar-refractivity contribution is 0.367. The molecule has 26 heavy (non-hydrogen) atoms. The van der Waals surface area contributed by atoms with Crippen LogP contribution in [0.4, 0.5) is 11.6 Å². The maximum atomic E-state index is 6.10. The van der Waals surface area contributed by atoms with Crippen LogP contribution in [0.3, 0.4) is 0 Å². The second kappa shape index (κ2) is 6.53. The number of nitrogens with two attached hydrogens (primary N) is 1. The van der Waals surface area contributed by atoms with Crippen LogP contribution in [-0.2, 0) is 0 Å². The number of aromatic amines is 1. The summed E-state index contributed by atoms with van der Waals surface area (Å²) in [4.78, 5) is 6.95. The molecule has 0 saturated carbocycles. The van der Waals surface area contributed by atoms with E-state index in [-0.39, 0.29) is 0 Å². The van der Waals surface area contributed by atoms with Gasteiger partial charge in [-0.3, -0.25) is 5.10 Å². The van der Waals surface area contributed by atoms with Crippen LogP contribution in [-0.4, -0.2) is 51.1 Å². The van der Waals surface area contributed by atoms with Crippen LogP contribution >= 0.6 is 0 Å². The Bertz CT molecular complexity index is 932. The summed E-state index contributed by atoms with van der Waals surface area (Å²) in [6.07, 6.45) is 0. The minimum atomic E-state index is 0.374. The zero-order valence-corrected chi connectivity index (χ0v) is 15.3. The molecule has 2 aromatic heterocycles. The van der Waals surface area contributed by atoms with E-state index in [1.54, 1.807) is 0 Å². The molecule has 0 bridgehead atoms. The van der Waals surface area contributed by atoms with Crippen molar-refractivity contribution in [2.75, 3.05) is 30.3 Å². The van der Waals surface area contributed by atoms with Gasteiger partial charge in [0.2, 0.25) is 0 Å². The van der Waals surface area contributed by atoms with Gasteiger partial charge in [-0.1, -0.05) is 13.8 Å². The number of nitrogen functional groups attached to an aromatic ring is 1. The van der Waals surface area contributed by atoms with E-state index in [2.05, 4.69) is 44.5 Å². The number of nitrogens with one attached hydrogen (secondary N) is 2. The molecule has 3 aromatic rings. The Balaban J connectivity index is 1.70. The van der Waals surface area contributed by atoms with Gasteiger partial charge in [0.05, 0.1) is 5.52 Å². The van der Waals surface area contributed by atoms with Crippen LogP contribution in [0.2, 0.25) is 0 Å². The molecule has 0 spiro atoms. The third-order valence-corrected chi connectivity index (χ3v) is 5.01. The number of piperazine rings is 1. The molecule has 0 aliphatic carbocycles. The third-order valence-electron chi connectivity index (χ3n) is 5.01. The first kappa shape index (κ1) is 16.7. The molecule has 8 nitrogen and oxygen atoms in total. The van der Waals surface area contributed by atoms with Crippen LogP contribution in [0, 0.1) is 12.8 Å². The second-order valence-corrected chi connectivity index (χ2v) is 7.18. The normalized spacial score (nSPS) is 18.0. The average molecular weight is 352 g/mol. The zero-order chi connectivity index (χ0) is 18.3. The summed E-state index contributed by atoms with van der Waals surface area (Å²) < 4.78 is 0. The SMILES string of the molecule is Cc1[nH]nc2ccc(-c3nnc(N)c(N4CCNC(C(C)C)C4)n3)cc12. The zero-order valence-electron chi connectivity index (χ0n) is 15.3. The quantitative estimate of drug-likeness (QED) is 0.659. The van der Waals surface area contributed by atoms with E-state index < -0.39 is 0 Å². The summed E-state index contributed by atoms with van der Waals surface area (Å²) >= 11 is 0. The number of aryl methyl sites for hydroxylation is 1. The lowest BCUT2D eigenvalue weighted by Crippen LogP contribution is -2.53. The number of anilines is 2. The Morgan fingerprint density at radius 3 is 2.92 bits per heavy atom. The molecule has 1 unspecified atom stereocenters.